The summed E-state index contributed by atoms with van der Waals surface area (Å²) in [5.74, 6) is 0. The largest absolute Gasteiger partial charge is 0.446 e. The molecule has 0 aromatic carbocycles. The minimum absolute atomic E-state index is 0.125. The van der Waals surface area contributed by atoms with Crippen molar-refractivity contribution in [2.24, 2.45) is 5.73 Å². The molecular weight excluding hydrogens is 262 g/mol. The Morgan fingerprint density at radius 3 is 2.83 bits per heavy atom. The van der Waals surface area contributed by atoms with Gasteiger partial charge in [0, 0.05) is 13.1 Å². The quantitative estimate of drug-likeness (QED) is 0.685. The van der Waals surface area contributed by atoms with Crippen LogP contribution in [0, 0.1) is 0 Å². The van der Waals surface area contributed by atoms with Gasteiger partial charge >= 0.3 is 16.3 Å². The number of hydrogen-bond donors (Lipinski definition) is 2. The molecule has 0 bridgehead atoms. The predicted molar refractivity (Wildman–Crippen MR) is 64.0 cm³/mol. The third kappa shape index (κ3) is 4.09. The molecule has 0 radical (unpaired) electrons. The highest BCUT2D eigenvalue weighted by Gasteiger charge is 2.33. The topological polar surface area (TPSA) is 111 Å². The van der Waals surface area contributed by atoms with Crippen LogP contribution in [0.5, 0.6) is 0 Å². The minimum Gasteiger partial charge on any atom is -0.446 e. The lowest BCUT2D eigenvalue weighted by Crippen LogP contribution is -2.56. The molecule has 1 amide bonds. The van der Waals surface area contributed by atoms with Crippen LogP contribution in [0.1, 0.15) is 13.8 Å². The summed E-state index contributed by atoms with van der Waals surface area (Å²) in [6.07, 6.45) is -1.39. The van der Waals surface area contributed by atoms with Crippen LogP contribution in [0.3, 0.4) is 0 Å². The lowest BCUT2D eigenvalue weighted by molar-refractivity contribution is 0.0350. The van der Waals surface area contributed by atoms with Gasteiger partial charge < -0.3 is 15.2 Å². The van der Waals surface area contributed by atoms with Gasteiger partial charge in [-0.3, -0.25) is 0 Å². The summed E-state index contributed by atoms with van der Waals surface area (Å²) in [5.41, 5.74) is 5.47. The van der Waals surface area contributed by atoms with E-state index in [4.69, 9.17) is 15.2 Å². The Morgan fingerprint density at radius 2 is 2.28 bits per heavy atom. The summed E-state index contributed by atoms with van der Waals surface area (Å²) in [7, 11) is -3.94. The van der Waals surface area contributed by atoms with Crippen molar-refractivity contribution >= 4 is 16.3 Å². The third-order valence-corrected chi connectivity index (χ3v) is 3.83. The first-order valence-electron chi connectivity index (χ1n) is 5.65. The van der Waals surface area contributed by atoms with Crippen molar-refractivity contribution in [2.75, 3.05) is 26.3 Å². The molecule has 0 aliphatic carbocycles. The molecule has 1 atom stereocenters. The van der Waals surface area contributed by atoms with Crippen LogP contribution in [0.15, 0.2) is 0 Å². The van der Waals surface area contributed by atoms with Gasteiger partial charge in [0.15, 0.2) is 0 Å². The number of nitrogens with zero attached hydrogens (tertiary/aromatic N) is 1. The number of morpholine rings is 1. The lowest BCUT2D eigenvalue weighted by Gasteiger charge is -2.33. The van der Waals surface area contributed by atoms with Gasteiger partial charge in [0.05, 0.1) is 25.4 Å². The Bertz CT molecular complexity index is 384. The molecule has 1 aliphatic rings. The Hall–Kier alpha value is -0.900. The maximum atomic E-state index is 11.9. The molecule has 0 spiro atoms. The van der Waals surface area contributed by atoms with Crippen LogP contribution in [0.25, 0.3) is 0 Å². The van der Waals surface area contributed by atoms with Crippen molar-refractivity contribution in [2.45, 2.75) is 26.0 Å². The highest BCUT2D eigenvalue weighted by molar-refractivity contribution is 7.87. The molecule has 1 fully saturated rings. The van der Waals surface area contributed by atoms with Gasteiger partial charge in [0.25, 0.3) is 0 Å². The Kier molecular flexibility index (Phi) is 5.32. The summed E-state index contributed by atoms with van der Waals surface area (Å²) in [4.78, 5) is 11.3. The highest BCUT2D eigenvalue weighted by atomic mass is 32.2. The number of nitrogens with two attached hydrogens (primary N) is 1. The number of rotatable bonds is 4. The molecule has 9 heteroatoms. The monoisotopic (exact) mass is 281 g/mol. The molecule has 106 valence electrons. The molecule has 18 heavy (non-hydrogen) atoms. The summed E-state index contributed by atoms with van der Waals surface area (Å²) < 4.78 is 36.7. The van der Waals surface area contributed by atoms with Crippen molar-refractivity contribution in [3.63, 3.8) is 0 Å². The Balaban J connectivity index is 2.69. The van der Waals surface area contributed by atoms with E-state index >= 15 is 0 Å². The van der Waals surface area contributed by atoms with Crippen LogP contribution in [-0.2, 0) is 19.7 Å². The van der Waals surface area contributed by atoms with E-state index in [1.54, 1.807) is 13.8 Å². The Morgan fingerprint density at radius 1 is 1.61 bits per heavy atom. The number of amides is 1. The highest BCUT2D eigenvalue weighted by Crippen LogP contribution is 2.10. The van der Waals surface area contributed by atoms with Crippen LogP contribution in [-0.4, -0.2) is 57.3 Å². The predicted octanol–water partition coefficient (Wildman–Crippen LogP) is -0.975. The molecule has 1 saturated heterocycles. The average Bonchev–Trinajstić information content (AvgIpc) is 2.27. The zero-order valence-electron chi connectivity index (χ0n) is 10.5. The van der Waals surface area contributed by atoms with Crippen LogP contribution in [0.2, 0.25) is 0 Å². The molecule has 1 heterocycles. The van der Waals surface area contributed by atoms with E-state index < -0.39 is 28.4 Å². The van der Waals surface area contributed by atoms with Crippen LogP contribution >= 0.6 is 0 Å². The summed E-state index contributed by atoms with van der Waals surface area (Å²) in [6.45, 7) is 4.03. The van der Waals surface area contributed by atoms with Gasteiger partial charge in [-0.05, 0) is 13.8 Å². The zero-order chi connectivity index (χ0) is 13.8. The van der Waals surface area contributed by atoms with E-state index in [0.717, 1.165) is 4.31 Å². The molecule has 0 aromatic rings. The fourth-order valence-electron chi connectivity index (χ4n) is 1.54. The van der Waals surface area contributed by atoms with Gasteiger partial charge in [0.1, 0.15) is 0 Å². The maximum absolute atomic E-state index is 11.9. The second-order valence-corrected chi connectivity index (χ2v) is 5.76. The van der Waals surface area contributed by atoms with Crippen LogP contribution < -0.4 is 10.5 Å². The van der Waals surface area contributed by atoms with Crippen molar-refractivity contribution < 1.29 is 22.7 Å². The summed E-state index contributed by atoms with van der Waals surface area (Å²) in [6, 6.07) is -0.469. The first-order valence-corrected chi connectivity index (χ1v) is 7.09. The van der Waals surface area contributed by atoms with E-state index in [-0.39, 0.29) is 26.3 Å². The minimum atomic E-state index is -3.94. The van der Waals surface area contributed by atoms with Crippen molar-refractivity contribution in [1.29, 1.82) is 0 Å². The smallest absolute Gasteiger partial charge is 0.422 e. The van der Waals surface area contributed by atoms with E-state index in [1.165, 1.54) is 0 Å². The van der Waals surface area contributed by atoms with Gasteiger partial charge in [0.2, 0.25) is 0 Å². The van der Waals surface area contributed by atoms with Gasteiger partial charge in [-0.2, -0.15) is 12.7 Å². The van der Waals surface area contributed by atoms with Crippen molar-refractivity contribution in [3.8, 4) is 0 Å². The van der Waals surface area contributed by atoms with E-state index in [1.807, 2.05) is 4.72 Å². The summed E-state index contributed by atoms with van der Waals surface area (Å²) in [5, 5.41) is 0. The van der Waals surface area contributed by atoms with Gasteiger partial charge in [-0.25, -0.2) is 9.52 Å². The second-order valence-electron chi connectivity index (χ2n) is 4.14. The van der Waals surface area contributed by atoms with Crippen molar-refractivity contribution in [3.05, 3.63) is 0 Å². The Labute approximate surface area is 107 Å². The first-order chi connectivity index (χ1) is 8.36. The molecule has 1 aliphatic heterocycles. The third-order valence-electron chi connectivity index (χ3n) is 2.31. The number of carbonyl (C=O) groups is 1. The van der Waals surface area contributed by atoms with Gasteiger partial charge in [-0.15, -0.1) is 0 Å². The molecule has 8 nitrogen and oxygen atoms in total. The van der Waals surface area contributed by atoms with E-state index in [2.05, 4.69) is 0 Å². The molecule has 1 rings (SSSR count). The molecule has 1 unspecified atom stereocenters. The fourth-order valence-corrected chi connectivity index (χ4v) is 2.77. The molecular formula is C9H19N3O5S. The second kappa shape index (κ2) is 6.32. The number of hydrogen-bond acceptors (Lipinski definition) is 6. The van der Waals surface area contributed by atoms with E-state index in [0.29, 0.717) is 0 Å². The molecule has 0 saturated carbocycles. The first kappa shape index (κ1) is 15.2. The maximum Gasteiger partial charge on any atom is 0.422 e. The lowest BCUT2D eigenvalue weighted by atomic mass is 10.3. The summed E-state index contributed by atoms with van der Waals surface area (Å²) >= 11 is 0. The SMILES string of the molecule is CC(C)OC(=O)NS(=O)(=O)N1CCOCC1CN. The average molecular weight is 281 g/mol. The molecule has 0 aromatic heterocycles. The molecule has 3 N–H and O–H groups in total. The van der Waals surface area contributed by atoms with Crippen LogP contribution in [0.4, 0.5) is 4.79 Å². The van der Waals surface area contributed by atoms with E-state index in [9.17, 15) is 13.2 Å². The number of carbonyl (C=O) groups excluding carboxylic acids is 1. The van der Waals surface area contributed by atoms with Crippen molar-refractivity contribution in [1.82, 2.24) is 9.03 Å². The zero-order valence-corrected chi connectivity index (χ0v) is 11.3. The standard InChI is InChI=1S/C9H19N3O5S/c1-7(2)17-9(13)11-18(14,15)12-3-4-16-6-8(12)5-10/h7-8H,3-6,10H2,1-2H3,(H,11,13). The normalized spacial score (nSPS) is 21.9. The number of nitrogens with one attached hydrogen (secondary N) is 1. The number of ether oxygens (including phenoxy) is 2. The van der Waals surface area contributed by atoms with Gasteiger partial charge in [-0.1, -0.05) is 0 Å². The fraction of sp³-hybridized carbons (Fsp3) is 0.889.